The van der Waals surface area contributed by atoms with Crippen LogP contribution in [-0.2, 0) is 46.3 Å². The Kier molecular flexibility index (Phi) is 42.4. The summed E-state index contributed by atoms with van der Waals surface area (Å²) in [5, 5.41) is 30.0. The van der Waals surface area contributed by atoms with Gasteiger partial charge in [0.05, 0.1) is 26.4 Å². The lowest BCUT2D eigenvalue weighted by atomic mass is 10.1. The molecule has 5 N–H and O–H groups in total. The van der Waals surface area contributed by atoms with E-state index in [1.54, 1.807) is 0 Å². The molecule has 0 aromatic rings. The number of unbranched alkanes of at least 4 members (excludes halogenated alkanes) is 10. The van der Waals surface area contributed by atoms with Crippen molar-refractivity contribution in [3.05, 3.63) is 97.2 Å². The molecule has 0 bridgehead atoms. The zero-order valence-electron chi connectivity index (χ0n) is 39.6. The van der Waals surface area contributed by atoms with Crippen LogP contribution in [-0.4, -0.2) is 95.0 Å². The highest BCUT2D eigenvalue weighted by Gasteiger charge is 2.28. The van der Waals surface area contributed by atoms with Crippen molar-refractivity contribution < 1.29 is 71.4 Å². The molecule has 0 radical (unpaired) electrons. The highest BCUT2D eigenvalue weighted by atomic mass is 31.2. The standard InChI is InChI=1S/C49H82O15P2/c1-3-5-7-9-11-13-15-17-19-20-21-22-24-26-28-30-32-34-36-38-49(54)60-40-46(51)42-62-66(57,58)64-44-47(52)43-63-65(55,56)61-41-45(50)39-59-48(53)37-35-33-31-29-27-25-23-18-16-14-12-10-8-6-4-2/h5-8,10-14,16-17,19,21-22,26,28,45-47,50-52H,3-4,9,15,18,20,23-25,27,29-44H2,1-2H3,(H,55,56)(H,57,58)/b7-5-,8-6+,12-10+,13-11-,16-14+,19-17-,22-21-,28-26-. The molecule has 0 aliphatic carbocycles. The molecule has 0 fully saturated rings. The monoisotopic (exact) mass is 973 g/mol. The summed E-state index contributed by atoms with van der Waals surface area (Å²) in [6, 6.07) is 0. The highest BCUT2D eigenvalue weighted by Crippen LogP contribution is 2.45. The Morgan fingerprint density at radius 2 is 0.727 bits per heavy atom. The van der Waals surface area contributed by atoms with Crippen molar-refractivity contribution in [2.45, 2.75) is 161 Å². The van der Waals surface area contributed by atoms with E-state index in [4.69, 9.17) is 9.47 Å². The lowest BCUT2D eigenvalue weighted by molar-refractivity contribution is -0.148. The van der Waals surface area contributed by atoms with Crippen LogP contribution in [0.15, 0.2) is 97.2 Å². The van der Waals surface area contributed by atoms with Gasteiger partial charge in [-0.25, -0.2) is 9.13 Å². The first-order chi connectivity index (χ1) is 31.8. The number of rotatable bonds is 44. The minimum absolute atomic E-state index is 0.152. The maximum atomic E-state index is 12.2. The normalized spacial score (nSPS) is 15.9. The fourth-order valence-corrected chi connectivity index (χ4v) is 7.06. The number of aliphatic hydroxyl groups is 3. The van der Waals surface area contributed by atoms with Crippen LogP contribution in [0.5, 0.6) is 0 Å². The zero-order valence-corrected chi connectivity index (χ0v) is 41.4. The van der Waals surface area contributed by atoms with Crippen LogP contribution in [0.1, 0.15) is 142 Å². The average molecular weight is 973 g/mol. The first-order valence-electron chi connectivity index (χ1n) is 23.6. The third-order valence-electron chi connectivity index (χ3n) is 9.10. The van der Waals surface area contributed by atoms with Gasteiger partial charge in [-0.05, 0) is 77.0 Å². The molecule has 0 aliphatic rings. The van der Waals surface area contributed by atoms with Gasteiger partial charge in [-0.1, -0.05) is 150 Å². The Bertz CT molecular complexity index is 1550. The molecule has 5 atom stereocenters. The number of hydrogen-bond acceptors (Lipinski definition) is 13. The summed E-state index contributed by atoms with van der Waals surface area (Å²) in [4.78, 5) is 43.7. The summed E-state index contributed by atoms with van der Waals surface area (Å²) < 4.78 is 52.9. The second-order valence-electron chi connectivity index (χ2n) is 15.4. The fraction of sp³-hybridized carbons (Fsp3) is 0.633. The number of aliphatic hydroxyl groups excluding tert-OH is 3. The van der Waals surface area contributed by atoms with Crippen LogP contribution >= 0.6 is 15.6 Å². The van der Waals surface area contributed by atoms with E-state index in [1.807, 2.05) is 18.2 Å². The van der Waals surface area contributed by atoms with Crippen molar-refractivity contribution in [3.8, 4) is 0 Å². The topological polar surface area (TPSA) is 225 Å². The quantitative estimate of drug-likeness (QED) is 0.0126. The van der Waals surface area contributed by atoms with Gasteiger partial charge in [0.2, 0.25) is 0 Å². The van der Waals surface area contributed by atoms with Crippen molar-refractivity contribution in [3.63, 3.8) is 0 Å². The maximum absolute atomic E-state index is 12.2. The number of phosphoric acid groups is 2. The lowest BCUT2D eigenvalue weighted by Gasteiger charge is -2.19. The number of allylic oxidation sites excluding steroid dienone is 16. The summed E-state index contributed by atoms with van der Waals surface area (Å²) >= 11 is 0. The van der Waals surface area contributed by atoms with Gasteiger partial charge in [0.25, 0.3) is 0 Å². The Labute approximate surface area is 395 Å². The van der Waals surface area contributed by atoms with Crippen LogP contribution in [0.2, 0.25) is 0 Å². The van der Waals surface area contributed by atoms with E-state index in [9.17, 15) is 43.8 Å². The van der Waals surface area contributed by atoms with Crippen molar-refractivity contribution in [1.29, 1.82) is 0 Å². The smallest absolute Gasteiger partial charge is 0.463 e. The SMILES string of the molecule is CC/C=C\C/C=C\C/C=C\C/C=C\C/C=C\CCCCCC(=O)OCC(O)COP(=O)(O)OCC(O)COP(=O)(O)OCC(O)COC(=O)CCCCCCCCC/C=C/C=C/C=C/CC. The summed E-state index contributed by atoms with van der Waals surface area (Å²) in [5.74, 6) is -1.05. The number of phosphoric ester groups is 2. The Balaban J connectivity index is 3.96. The summed E-state index contributed by atoms with van der Waals surface area (Å²) in [7, 11) is -9.60. The molecule has 0 amide bonds. The molecule has 0 saturated carbocycles. The third kappa shape index (κ3) is 46.1. The van der Waals surface area contributed by atoms with E-state index in [2.05, 4.69) is 111 Å². The van der Waals surface area contributed by atoms with E-state index in [0.29, 0.717) is 12.8 Å². The predicted molar refractivity (Wildman–Crippen MR) is 260 cm³/mol. The van der Waals surface area contributed by atoms with E-state index in [-0.39, 0.29) is 12.8 Å². The minimum atomic E-state index is -4.80. The minimum Gasteiger partial charge on any atom is -0.463 e. The Morgan fingerprint density at radius 1 is 0.409 bits per heavy atom. The molecule has 17 heteroatoms. The highest BCUT2D eigenvalue weighted by molar-refractivity contribution is 7.47. The molecular weight excluding hydrogens is 890 g/mol. The van der Waals surface area contributed by atoms with Gasteiger partial charge in [0.15, 0.2) is 0 Å². The number of hydrogen-bond donors (Lipinski definition) is 5. The van der Waals surface area contributed by atoms with Gasteiger partial charge < -0.3 is 34.6 Å². The van der Waals surface area contributed by atoms with Crippen molar-refractivity contribution in [1.82, 2.24) is 0 Å². The van der Waals surface area contributed by atoms with Gasteiger partial charge in [0, 0.05) is 12.8 Å². The van der Waals surface area contributed by atoms with Crippen molar-refractivity contribution >= 4 is 27.6 Å². The summed E-state index contributed by atoms with van der Waals surface area (Å²) in [5.41, 5.74) is 0. The van der Waals surface area contributed by atoms with Gasteiger partial charge in [-0.3, -0.25) is 27.7 Å². The lowest BCUT2D eigenvalue weighted by Crippen LogP contribution is -2.25. The molecule has 5 unspecified atom stereocenters. The Hall–Kier alpha value is -3.04. The Morgan fingerprint density at radius 3 is 1.15 bits per heavy atom. The van der Waals surface area contributed by atoms with Gasteiger partial charge in [0.1, 0.15) is 31.5 Å². The maximum Gasteiger partial charge on any atom is 0.472 e. The van der Waals surface area contributed by atoms with Crippen LogP contribution in [0.25, 0.3) is 0 Å². The third-order valence-corrected chi connectivity index (χ3v) is 11.0. The molecule has 0 heterocycles. The molecule has 0 aromatic carbocycles. The van der Waals surface area contributed by atoms with Crippen molar-refractivity contribution in [2.24, 2.45) is 0 Å². The van der Waals surface area contributed by atoms with Crippen LogP contribution in [0.3, 0.4) is 0 Å². The average Bonchev–Trinajstić information content (AvgIpc) is 3.29. The number of ether oxygens (including phenoxy) is 2. The second kappa shape index (κ2) is 44.5. The van der Waals surface area contributed by atoms with Gasteiger partial charge >= 0.3 is 27.6 Å². The molecule has 0 aromatic heterocycles. The van der Waals surface area contributed by atoms with E-state index < -0.39 is 85.5 Å². The predicted octanol–water partition coefficient (Wildman–Crippen LogP) is 10.7. The largest absolute Gasteiger partial charge is 0.472 e. The van der Waals surface area contributed by atoms with E-state index >= 15 is 0 Å². The van der Waals surface area contributed by atoms with Crippen molar-refractivity contribution in [2.75, 3.05) is 39.6 Å². The van der Waals surface area contributed by atoms with E-state index in [1.165, 1.54) is 0 Å². The molecule has 378 valence electrons. The first-order valence-corrected chi connectivity index (χ1v) is 26.6. The fourth-order valence-electron chi connectivity index (χ4n) is 5.47. The first kappa shape index (κ1) is 63.0. The van der Waals surface area contributed by atoms with Crippen LogP contribution in [0.4, 0.5) is 0 Å². The number of carbonyl (C=O) groups excluding carboxylic acids is 2. The summed E-state index contributed by atoms with van der Waals surface area (Å²) in [6.07, 6.45) is 46.8. The molecular formula is C49H82O15P2. The molecule has 0 saturated heterocycles. The van der Waals surface area contributed by atoms with Crippen LogP contribution < -0.4 is 0 Å². The van der Waals surface area contributed by atoms with E-state index in [0.717, 1.165) is 103 Å². The second-order valence-corrected chi connectivity index (χ2v) is 18.3. The molecule has 66 heavy (non-hydrogen) atoms. The molecule has 0 rings (SSSR count). The number of esters is 2. The molecule has 15 nitrogen and oxygen atoms in total. The molecule has 0 spiro atoms. The van der Waals surface area contributed by atoms with Gasteiger partial charge in [-0.15, -0.1) is 0 Å². The molecule has 0 aliphatic heterocycles. The van der Waals surface area contributed by atoms with Gasteiger partial charge in [-0.2, -0.15) is 0 Å². The number of carbonyl (C=O) groups is 2. The summed E-state index contributed by atoms with van der Waals surface area (Å²) in [6.45, 7) is 0.0911. The van der Waals surface area contributed by atoms with Crippen LogP contribution in [0, 0.1) is 0 Å². The zero-order chi connectivity index (χ0) is 48.8.